The number of nitrogens with zero attached hydrogens (tertiary/aromatic N) is 2. The largest absolute Gasteiger partial charge is 0.481 e. The Labute approximate surface area is 77.2 Å². The van der Waals surface area contributed by atoms with Crippen molar-refractivity contribution in [3.63, 3.8) is 0 Å². The number of hydrogen-bond acceptors (Lipinski definition) is 2. The van der Waals surface area contributed by atoms with Crippen LogP contribution in [0.4, 0.5) is 0 Å². The number of rotatable bonds is 5. The molecule has 4 heteroatoms. The van der Waals surface area contributed by atoms with Crippen LogP contribution < -0.4 is 0 Å². The van der Waals surface area contributed by atoms with Crippen LogP contribution in [0.3, 0.4) is 0 Å². The van der Waals surface area contributed by atoms with Gasteiger partial charge in [-0.3, -0.25) is 4.79 Å². The Hall–Kier alpha value is -1.32. The van der Waals surface area contributed by atoms with Crippen molar-refractivity contribution >= 4 is 5.97 Å². The van der Waals surface area contributed by atoms with Gasteiger partial charge in [0.05, 0.1) is 12.7 Å². The molecular formula is C9H14N2O2. The fourth-order valence-electron chi connectivity index (χ4n) is 1.23. The van der Waals surface area contributed by atoms with Crippen LogP contribution in [0.5, 0.6) is 0 Å². The fraction of sp³-hybridized carbons (Fsp3) is 0.556. The number of aliphatic carboxylic acids is 1. The van der Waals surface area contributed by atoms with Gasteiger partial charge in [0.25, 0.3) is 0 Å². The first-order valence-electron chi connectivity index (χ1n) is 4.45. The molecule has 4 nitrogen and oxygen atoms in total. The molecular weight excluding hydrogens is 168 g/mol. The molecule has 0 radical (unpaired) electrons. The average molecular weight is 182 g/mol. The molecule has 13 heavy (non-hydrogen) atoms. The van der Waals surface area contributed by atoms with E-state index in [9.17, 15) is 4.79 Å². The van der Waals surface area contributed by atoms with E-state index in [1.165, 1.54) is 0 Å². The van der Waals surface area contributed by atoms with Gasteiger partial charge in [0.15, 0.2) is 0 Å². The highest BCUT2D eigenvalue weighted by Crippen LogP contribution is 2.03. The van der Waals surface area contributed by atoms with E-state index in [-0.39, 0.29) is 6.42 Å². The van der Waals surface area contributed by atoms with Gasteiger partial charge in [-0.1, -0.05) is 13.3 Å². The molecule has 1 N–H and O–H groups in total. The summed E-state index contributed by atoms with van der Waals surface area (Å²) in [7, 11) is 0. The van der Waals surface area contributed by atoms with Crippen LogP contribution >= 0.6 is 0 Å². The van der Waals surface area contributed by atoms with Crippen molar-refractivity contribution < 1.29 is 9.90 Å². The van der Waals surface area contributed by atoms with Crippen LogP contribution in [0.1, 0.15) is 25.5 Å². The highest BCUT2D eigenvalue weighted by atomic mass is 16.4. The zero-order valence-electron chi connectivity index (χ0n) is 7.73. The van der Waals surface area contributed by atoms with Gasteiger partial charge in [-0.15, -0.1) is 0 Å². The lowest BCUT2D eigenvalue weighted by Gasteiger charge is -2.04. The second kappa shape index (κ2) is 4.64. The van der Waals surface area contributed by atoms with Crippen LogP contribution in [0.2, 0.25) is 0 Å². The number of aryl methyl sites for hydroxylation is 2. The third-order valence-electron chi connectivity index (χ3n) is 1.87. The summed E-state index contributed by atoms with van der Waals surface area (Å²) in [5, 5.41) is 8.50. The minimum atomic E-state index is -0.767. The van der Waals surface area contributed by atoms with Crippen LogP contribution in [-0.2, 0) is 17.8 Å². The summed E-state index contributed by atoms with van der Waals surface area (Å²) in [6, 6.07) is 0. The fourth-order valence-corrected chi connectivity index (χ4v) is 1.23. The molecule has 0 aromatic carbocycles. The van der Waals surface area contributed by atoms with Crippen molar-refractivity contribution in [1.82, 2.24) is 9.55 Å². The molecule has 0 fully saturated rings. The number of hydrogen-bond donors (Lipinski definition) is 1. The lowest BCUT2D eigenvalue weighted by Crippen LogP contribution is -2.06. The van der Waals surface area contributed by atoms with E-state index in [1.54, 1.807) is 12.5 Å². The summed E-state index contributed by atoms with van der Waals surface area (Å²) in [5.41, 5.74) is 1.11. The Kier molecular flexibility index (Phi) is 3.49. The Bertz CT molecular complexity index is 281. The highest BCUT2D eigenvalue weighted by molar-refractivity contribution is 5.66. The van der Waals surface area contributed by atoms with Crippen LogP contribution in [0.15, 0.2) is 12.5 Å². The molecule has 0 aliphatic carbocycles. The van der Waals surface area contributed by atoms with Gasteiger partial charge >= 0.3 is 5.97 Å². The third-order valence-corrected chi connectivity index (χ3v) is 1.87. The zero-order valence-corrected chi connectivity index (χ0v) is 7.73. The second-order valence-corrected chi connectivity index (χ2v) is 2.97. The molecule has 0 amide bonds. The zero-order chi connectivity index (χ0) is 9.68. The molecule has 0 saturated heterocycles. The minimum absolute atomic E-state index is 0.160. The van der Waals surface area contributed by atoms with Gasteiger partial charge in [-0.2, -0.15) is 0 Å². The minimum Gasteiger partial charge on any atom is -0.481 e. The molecule has 0 atom stereocenters. The van der Waals surface area contributed by atoms with Crippen LogP contribution in [0, 0.1) is 0 Å². The molecule has 1 heterocycles. The van der Waals surface area contributed by atoms with Crippen molar-refractivity contribution in [2.45, 2.75) is 32.7 Å². The molecule has 0 unspecified atom stereocenters. The Balaban J connectivity index is 2.54. The van der Waals surface area contributed by atoms with Crippen molar-refractivity contribution in [3.8, 4) is 0 Å². The normalized spacial score (nSPS) is 10.2. The molecule has 72 valence electrons. The van der Waals surface area contributed by atoms with Crippen molar-refractivity contribution in [2.75, 3.05) is 0 Å². The van der Waals surface area contributed by atoms with E-state index in [1.807, 2.05) is 4.57 Å². The lowest BCUT2D eigenvalue weighted by atomic mass is 10.2. The van der Waals surface area contributed by atoms with E-state index in [0.29, 0.717) is 6.54 Å². The lowest BCUT2D eigenvalue weighted by molar-refractivity contribution is -0.137. The SMILES string of the molecule is CCCc1cncn1CCC(=O)O. The van der Waals surface area contributed by atoms with E-state index in [2.05, 4.69) is 11.9 Å². The first kappa shape index (κ1) is 9.77. The molecule has 0 aliphatic rings. The molecule has 1 rings (SSSR count). The number of carbonyl (C=O) groups is 1. The van der Waals surface area contributed by atoms with Gasteiger partial charge < -0.3 is 9.67 Å². The van der Waals surface area contributed by atoms with Gasteiger partial charge in [0, 0.05) is 18.4 Å². The standard InChI is InChI=1S/C9H14N2O2/c1-2-3-8-6-10-7-11(8)5-4-9(12)13/h6-7H,2-5H2,1H3,(H,12,13). The molecule has 0 saturated carbocycles. The Morgan fingerprint density at radius 2 is 2.46 bits per heavy atom. The molecule has 0 bridgehead atoms. The Morgan fingerprint density at radius 1 is 1.69 bits per heavy atom. The van der Waals surface area contributed by atoms with E-state index in [0.717, 1.165) is 18.5 Å². The predicted molar refractivity (Wildman–Crippen MR) is 48.5 cm³/mol. The van der Waals surface area contributed by atoms with Gasteiger partial charge in [0.1, 0.15) is 0 Å². The van der Waals surface area contributed by atoms with Gasteiger partial charge in [-0.05, 0) is 6.42 Å². The maximum atomic E-state index is 10.3. The molecule has 0 spiro atoms. The molecule has 1 aromatic rings. The quantitative estimate of drug-likeness (QED) is 0.747. The summed E-state index contributed by atoms with van der Waals surface area (Å²) in [4.78, 5) is 14.3. The van der Waals surface area contributed by atoms with Crippen LogP contribution in [0.25, 0.3) is 0 Å². The predicted octanol–water partition coefficient (Wildman–Crippen LogP) is 1.31. The summed E-state index contributed by atoms with van der Waals surface area (Å²) >= 11 is 0. The number of imidazole rings is 1. The average Bonchev–Trinajstić information content (AvgIpc) is 2.49. The van der Waals surface area contributed by atoms with Crippen molar-refractivity contribution in [1.29, 1.82) is 0 Å². The topological polar surface area (TPSA) is 55.1 Å². The molecule has 0 aliphatic heterocycles. The summed E-state index contributed by atoms with van der Waals surface area (Å²) < 4.78 is 1.90. The summed E-state index contributed by atoms with van der Waals surface area (Å²) in [6.45, 7) is 2.61. The second-order valence-electron chi connectivity index (χ2n) is 2.97. The highest BCUT2D eigenvalue weighted by Gasteiger charge is 2.02. The maximum Gasteiger partial charge on any atom is 0.305 e. The summed E-state index contributed by atoms with van der Waals surface area (Å²) in [6.07, 6.45) is 5.66. The first-order chi connectivity index (χ1) is 6.24. The third kappa shape index (κ3) is 2.89. The number of carboxylic acids is 1. The number of carboxylic acid groups (broad SMARTS) is 1. The van der Waals surface area contributed by atoms with Crippen LogP contribution in [-0.4, -0.2) is 20.6 Å². The Morgan fingerprint density at radius 3 is 3.08 bits per heavy atom. The first-order valence-corrected chi connectivity index (χ1v) is 4.45. The smallest absolute Gasteiger partial charge is 0.305 e. The van der Waals surface area contributed by atoms with E-state index >= 15 is 0 Å². The number of aromatic nitrogens is 2. The van der Waals surface area contributed by atoms with Gasteiger partial charge in [-0.25, -0.2) is 4.98 Å². The van der Waals surface area contributed by atoms with E-state index in [4.69, 9.17) is 5.11 Å². The van der Waals surface area contributed by atoms with Crippen molar-refractivity contribution in [3.05, 3.63) is 18.2 Å². The summed E-state index contributed by atoms with van der Waals surface area (Å²) in [5.74, 6) is -0.767. The maximum absolute atomic E-state index is 10.3. The van der Waals surface area contributed by atoms with E-state index < -0.39 is 5.97 Å². The molecule has 1 aromatic heterocycles. The monoisotopic (exact) mass is 182 g/mol. The van der Waals surface area contributed by atoms with Gasteiger partial charge in [0.2, 0.25) is 0 Å². The van der Waals surface area contributed by atoms with Crippen molar-refractivity contribution in [2.24, 2.45) is 0 Å².